The van der Waals surface area contributed by atoms with E-state index in [4.69, 9.17) is 5.10 Å². The van der Waals surface area contributed by atoms with Crippen LogP contribution in [0.1, 0.15) is 22.3 Å². The highest BCUT2D eigenvalue weighted by Crippen LogP contribution is 2.41. The highest BCUT2D eigenvalue weighted by Gasteiger charge is 2.39. The zero-order chi connectivity index (χ0) is 25.1. The van der Waals surface area contributed by atoms with Crippen LogP contribution >= 0.6 is 0 Å². The summed E-state index contributed by atoms with van der Waals surface area (Å²) >= 11 is 0. The minimum absolute atomic E-state index is 0.624. The van der Waals surface area contributed by atoms with Gasteiger partial charge in [-0.3, -0.25) is 4.68 Å². The van der Waals surface area contributed by atoms with E-state index in [1.165, 1.54) is 16.7 Å². The van der Waals surface area contributed by atoms with Crippen LogP contribution in [-0.4, -0.2) is 9.78 Å². The van der Waals surface area contributed by atoms with Crippen molar-refractivity contribution < 1.29 is 0 Å². The maximum absolute atomic E-state index is 5.30. The van der Waals surface area contributed by atoms with Crippen LogP contribution in [0, 0.1) is 6.92 Å². The Balaban J connectivity index is 1.59. The van der Waals surface area contributed by atoms with Gasteiger partial charge < -0.3 is 0 Å². The maximum Gasteiger partial charge on any atom is 0.138 e. The molecule has 1 heterocycles. The first-order valence-electron chi connectivity index (χ1n) is 12.7. The topological polar surface area (TPSA) is 17.8 Å². The Hall–Kier alpha value is -4.69. The van der Waals surface area contributed by atoms with Gasteiger partial charge in [0.2, 0.25) is 0 Å². The minimum Gasteiger partial charge on any atom is -0.253 e. The van der Waals surface area contributed by atoms with Gasteiger partial charge >= 0.3 is 0 Å². The molecule has 0 aliphatic carbocycles. The number of aromatic nitrogens is 2. The molecule has 0 unspecified atom stereocenters. The van der Waals surface area contributed by atoms with Crippen LogP contribution in [-0.2, 0) is 5.54 Å². The van der Waals surface area contributed by atoms with Gasteiger partial charge in [-0.05, 0) is 40.8 Å². The van der Waals surface area contributed by atoms with Crippen LogP contribution in [0.3, 0.4) is 0 Å². The number of hydrogen-bond acceptors (Lipinski definition) is 1. The molecular weight excluding hydrogens is 448 g/mol. The van der Waals surface area contributed by atoms with Gasteiger partial charge in [-0.1, -0.05) is 145 Å². The van der Waals surface area contributed by atoms with Gasteiger partial charge in [0.15, 0.2) is 0 Å². The van der Waals surface area contributed by atoms with Gasteiger partial charge in [0.05, 0.1) is 5.69 Å². The fourth-order valence-electron chi connectivity index (χ4n) is 5.28. The molecule has 6 aromatic rings. The van der Waals surface area contributed by atoms with E-state index in [-0.39, 0.29) is 0 Å². The van der Waals surface area contributed by atoms with E-state index >= 15 is 0 Å². The highest BCUT2D eigenvalue weighted by atomic mass is 15.3. The van der Waals surface area contributed by atoms with Crippen LogP contribution in [0.25, 0.3) is 22.4 Å². The lowest BCUT2D eigenvalue weighted by Crippen LogP contribution is -2.38. The van der Waals surface area contributed by atoms with Crippen molar-refractivity contribution in [1.82, 2.24) is 9.78 Å². The Morgan fingerprint density at radius 3 is 1.46 bits per heavy atom. The number of aryl methyl sites for hydroxylation is 1. The standard InChI is InChI=1S/C35H28N2/c1-27-21-23-28(24-22-27)32-19-11-12-20-33(32)34-25-26-37(36-34)35(29-13-5-2-6-14-29,30-15-7-3-8-16-30)31-17-9-4-10-18-31/h2-26H,1H3. The van der Waals surface area contributed by atoms with Gasteiger partial charge in [-0.15, -0.1) is 0 Å². The lowest BCUT2D eigenvalue weighted by Gasteiger charge is -2.36. The summed E-state index contributed by atoms with van der Waals surface area (Å²) in [6.07, 6.45) is 2.12. The zero-order valence-corrected chi connectivity index (χ0v) is 20.8. The van der Waals surface area contributed by atoms with E-state index in [0.29, 0.717) is 0 Å². The summed E-state index contributed by atoms with van der Waals surface area (Å²) in [5, 5.41) is 5.30. The van der Waals surface area contributed by atoms with Crippen molar-refractivity contribution in [3.05, 3.63) is 174 Å². The second-order valence-corrected chi connectivity index (χ2v) is 9.37. The van der Waals surface area contributed by atoms with E-state index in [9.17, 15) is 0 Å². The minimum atomic E-state index is -0.624. The van der Waals surface area contributed by atoms with Crippen LogP contribution in [0.15, 0.2) is 152 Å². The van der Waals surface area contributed by atoms with Gasteiger partial charge in [-0.2, -0.15) is 5.10 Å². The van der Waals surface area contributed by atoms with Crippen molar-refractivity contribution in [2.75, 3.05) is 0 Å². The van der Waals surface area contributed by atoms with Gasteiger partial charge in [0.1, 0.15) is 5.54 Å². The summed E-state index contributed by atoms with van der Waals surface area (Å²) in [6, 6.07) is 51.4. The van der Waals surface area contributed by atoms with E-state index in [1.807, 2.05) is 0 Å². The average molecular weight is 477 g/mol. The summed E-state index contributed by atoms with van der Waals surface area (Å²) in [6.45, 7) is 2.12. The van der Waals surface area contributed by atoms with Gasteiger partial charge in [0.25, 0.3) is 0 Å². The van der Waals surface area contributed by atoms with E-state index in [1.54, 1.807) is 0 Å². The van der Waals surface area contributed by atoms with E-state index in [2.05, 4.69) is 163 Å². The zero-order valence-electron chi connectivity index (χ0n) is 20.8. The molecule has 0 atom stereocenters. The summed E-state index contributed by atoms with van der Waals surface area (Å²) in [4.78, 5) is 0. The summed E-state index contributed by atoms with van der Waals surface area (Å²) in [5.74, 6) is 0. The molecule has 0 fully saturated rings. The Kier molecular flexibility index (Phi) is 6.00. The molecule has 0 aliphatic heterocycles. The third-order valence-corrected chi connectivity index (χ3v) is 7.07. The summed E-state index contributed by atoms with van der Waals surface area (Å²) in [7, 11) is 0. The third kappa shape index (κ3) is 4.07. The fraction of sp³-hybridized carbons (Fsp3) is 0.0571. The second-order valence-electron chi connectivity index (χ2n) is 9.37. The predicted octanol–water partition coefficient (Wildman–Crippen LogP) is 8.37. The van der Waals surface area contributed by atoms with Crippen molar-refractivity contribution in [2.45, 2.75) is 12.5 Å². The van der Waals surface area contributed by atoms with Crippen LogP contribution in [0.5, 0.6) is 0 Å². The molecule has 0 spiro atoms. The van der Waals surface area contributed by atoms with Crippen molar-refractivity contribution in [3.63, 3.8) is 0 Å². The molecule has 0 aliphatic rings. The monoisotopic (exact) mass is 476 g/mol. The van der Waals surface area contributed by atoms with Crippen LogP contribution < -0.4 is 0 Å². The van der Waals surface area contributed by atoms with Crippen LogP contribution in [0.2, 0.25) is 0 Å². The number of benzene rings is 5. The fourth-order valence-corrected chi connectivity index (χ4v) is 5.28. The van der Waals surface area contributed by atoms with E-state index in [0.717, 1.165) is 27.9 Å². The van der Waals surface area contributed by atoms with Crippen molar-refractivity contribution in [2.24, 2.45) is 0 Å². The highest BCUT2D eigenvalue weighted by molar-refractivity contribution is 5.81. The molecule has 0 N–H and O–H groups in total. The number of hydrogen-bond donors (Lipinski definition) is 0. The first-order chi connectivity index (χ1) is 18.3. The normalized spacial score (nSPS) is 11.4. The second kappa shape index (κ2) is 9.75. The van der Waals surface area contributed by atoms with Crippen molar-refractivity contribution in [1.29, 1.82) is 0 Å². The van der Waals surface area contributed by atoms with Gasteiger partial charge in [-0.25, -0.2) is 0 Å². The Labute approximate surface area is 218 Å². The first kappa shape index (κ1) is 22.8. The quantitative estimate of drug-likeness (QED) is 0.221. The summed E-state index contributed by atoms with van der Waals surface area (Å²) < 4.78 is 2.13. The Morgan fingerprint density at radius 2 is 0.946 bits per heavy atom. The molecule has 2 heteroatoms. The Morgan fingerprint density at radius 1 is 0.486 bits per heavy atom. The lowest BCUT2D eigenvalue weighted by atomic mass is 9.77. The molecule has 0 amide bonds. The molecule has 178 valence electrons. The molecule has 0 saturated carbocycles. The van der Waals surface area contributed by atoms with Gasteiger partial charge in [0, 0.05) is 11.8 Å². The largest absolute Gasteiger partial charge is 0.253 e. The molecule has 2 nitrogen and oxygen atoms in total. The SMILES string of the molecule is Cc1ccc(-c2ccccc2-c2ccn(C(c3ccccc3)(c3ccccc3)c3ccccc3)n2)cc1. The molecule has 0 saturated heterocycles. The average Bonchev–Trinajstić information content (AvgIpc) is 3.46. The van der Waals surface area contributed by atoms with Crippen molar-refractivity contribution >= 4 is 0 Å². The molecule has 5 aromatic carbocycles. The molecule has 0 radical (unpaired) electrons. The first-order valence-corrected chi connectivity index (χ1v) is 12.7. The Bertz CT molecular complexity index is 1500. The molecule has 0 bridgehead atoms. The lowest BCUT2D eigenvalue weighted by molar-refractivity contribution is 0.461. The molecule has 37 heavy (non-hydrogen) atoms. The summed E-state index contributed by atoms with van der Waals surface area (Å²) in [5.41, 5.74) is 8.55. The molecule has 1 aromatic heterocycles. The third-order valence-electron chi connectivity index (χ3n) is 7.07. The van der Waals surface area contributed by atoms with Crippen molar-refractivity contribution in [3.8, 4) is 22.4 Å². The van der Waals surface area contributed by atoms with Crippen LogP contribution in [0.4, 0.5) is 0 Å². The molecule has 6 rings (SSSR count). The number of nitrogens with zero attached hydrogens (tertiary/aromatic N) is 2. The molecular formula is C35H28N2. The van der Waals surface area contributed by atoms with E-state index < -0.39 is 5.54 Å². The predicted molar refractivity (Wildman–Crippen MR) is 152 cm³/mol. The number of rotatable bonds is 6. The maximum atomic E-state index is 5.30. The smallest absolute Gasteiger partial charge is 0.138 e.